The number of benzene rings is 3. The minimum atomic E-state index is -0.826. The summed E-state index contributed by atoms with van der Waals surface area (Å²) in [5.41, 5.74) is 6.72. The van der Waals surface area contributed by atoms with Gasteiger partial charge in [-0.25, -0.2) is 0 Å². The number of carbonyl (C=O) groups is 1. The monoisotopic (exact) mass is 467 g/mol. The molecule has 0 saturated heterocycles. The van der Waals surface area contributed by atoms with Crippen molar-refractivity contribution in [2.75, 3.05) is 6.61 Å². The van der Waals surface area contributed by atoms with Gasteiger partial charge in [-0.1, -0.05) is 24.3 Å². The maximum Gasteiger partial charge on any atom is 0.307 e. The van der Waals surface area contributed by atoms with E-state index in [1.165, 1.54) is 22.1 Å². The van der Waals surface area contributed by atoms with Crippen molar-refractivity contribution < 1.29 is 19.4 Å². The normalized spacial score (nSPS) is 14.7. The second-order valence-corrected chi connectivity index (χ2v) is 10.5. The molecule has 1 aliphatic heterocycles. The van der Waals surface area contributed by atoms with E-state index in [0.717, 1.165) is 64.4 Å². The molecule has 1 aliphatic carbocycles. The largest absolute Gasteiger partial charge is 0.492 e. The third-order valence-electron chi connectivity index (χ3n) is 7.06. The molecule has 0 spiro atoms. The first kappa shape index (κ1) is 21.9. The number of pyridine rings is 1. The van der Waals surface area contributed by atoms with E-state index < -0.39 is 11.6 Å². The summed E-state index contributed by atoms with van der Waals surface area (Å²) in [6, 6.07) is 12.4. The van der Waals surface area contributed by atoms with E-state index in [2.05, 4.69) is 24.3 Å². The highest BCUT2D eigenvalue weighted by Gasteiger charge is 2.30. The van der Waals surface area contributed by atoms with Gasteiger partial charge in [0.2, 0.25) is 0 Å². The van der Waals surface area contributed by atoms with Gasteiger partial charge in [-0.3, -0.25) is 9.78 Å². The number of ether oxygens (including phenoxy) is 2. The Balaban J connectivity index is 1.81. The fourth-order valence-electron chi connectivity index (χ4n) is 5.87. The van der Waals surface area contributed by atoms with Crippen molar-refractivity contribution in [2.24, 2.45) is 0 Å². The smallest absolute Gasteiger partial charge is 0.307 e. The highest BCUT2D eigenvalue weighted by atomic mass is 16.5. The average Bonchev–Trinajstić information content (AvgIpc) is 3.30. The molecular formula is C30H29NO4. The summed E-state index contributed by atoms with van der Waals surface area (Å²) in [6.45, 7) is 6.69. The zero-order valence-electron chi connectivity index (χ0n) is 20.4. The maximum atomic E-state index is 12.2. The average molecular weight is 468 g/mol. The summed E-state index contributed by atoms with van der Waals surface area (Å²) in [5.74, 6) is 0.636. The van der Waals surface area contributed by atoms with Crippen LogP contribution in [-0.2, 0) is 30.5 Å². The Hall–Kier alpha value is -3.60. The van der Waals surface area contributed by atoms with E-state index in [-0.39, 0.29) is 6.42 Å². The number of aliphatic carboxylic acids is 1. The van der Waals surface area contributed by atoms with Crippen LogP contribution in [0.15, 0.2) is 42.6 Å². The molecule has 0 saturated carbocycles. The van der Waals surface area contributed by atoms with Gasteiger partial charge in [-0.2, -0.15) is 0 Å². The molecule has 4 aromatic rings. The summed E-state index contributed by atoms with van der Waals surface area (Å²) < 4.78 is 12.6. The molecule has 0 amide bonds. The molecule has 5 heteroatoms. The molecular weight excluding hydrogens is 438 g/mol. The van der Waals surface area contributed by atoms with Gasteiger partial charge in [0, 0.05) is 24.1 Å². The van der Waals surface area contributed by atoms with Crippen molar-refractivity contribution in [1.82, 2.24) is 4.98 Å². The molecule has 5 nitrogen and oxygen atoms in total. The Morgan fingerprint density at radius 3 is 2.60 bits per heavy atom. The van der Waals surface area contributed by atoms with Crippen LogP contribution in [0.2, 0.25) is 0 Å². The highest BCUT2D eigenvalue weighted by molar-refractivity contribution is 6.11. The zero-order valence-corrected chi connectivity index (χ0v) is 20.4. The number of rotatable bonds is 4. The number of hydrogen-bond acceptors (Lipinski definition) is 4. The Labute approximate surface area is 204 Å². The molecule has 1 aromatic heterocycles. The SMILES string of the molecule is CC(C)(C)Oc1cc2c3c(ccnc3c1-c1c(CC(=O)O)c3c(c4ccccc14)CCC3)CCO2. The first-order chi connectivity index (χ1) is 16.8. The van der Waals surface area contributed by atoms with E-state index in [9.17, 15) is 9.90 Å². The lowest BCUT2D eigenvalue weighted by Gasteiger charge is -2.28. The lowest BCUT2D eigenvalue weighted by Crippen LogP contribution is -2.24. The lowest BCUT2D eigenvalue weighted by molar-refractivity contribution is -0.136. The van der Waals surface area contributed by atoms with E-state index in [1.54, 1.807) is 0 Å². The molecule has 0 radical (unpaired) electrons. The van der Waals surface area contributed by atoms with E-state index in [0.29, 0.717) is 12.4 Å². The first-order valence-electron chi connectivity index (χ1n) is 12.4. The first-order valence-corrected chi connectivity index (χ1v) is 12.4. The topological polar surface area (TPSA) is 68.7 Å². The number of nitrogens with zero attached hydrogens (tertiary/aromatic N) is 1. The lowest BCUT2D eigenvalue weighted by atomic mass is 9.84. The molecule has 0 atom stereocenters. The van der Waals surface area contributed by atoms with Gasteiger partial charge in [0.15, 0.2) is 0 Å². The van der Waals surface area contributed by atoms with E-state index in [4.69, 9.17) is 14.5 Å². The summed E-state index contributed by atoms with van der Waals surface area (Å²) >= 11 is 0. The van der Waals surface area contributed by atoms with Crippen molar-refractivity contribution in [3.05, 3.63) is 64.8 Å². The number of aryl methyl sites for hydroxylation is 1. The van der Waals surface area contributed by atoms with Crippen molar-refractivity contribution in [3.63, 3.8) is 0 Å². The van der Waals surface area contributed by atoms with Gasteiger partial charge < -0.3 is 14.6 Å². The minimum Gasteiger partial charge on any atom is -0.492 e. The van der Waals surface area contributed by atoms with Gasteiger partial charge in [0.1, 0.15) is 17.1 Å². The molecule has 35 heavy (non-hydrogen) atoms. The molecule has 178 valence electrons. The van der Waals surface area contributed by atoms with Crippen LogP contribution in [-0.4, -0.2) is 28.3 Å². The second-order valence-electron chi connectivity index (χ2n) is 10.5. The van der Waals surface area contributed by atoms with Crippen LogP contribution in [0.25, 0.3) is 32.8 Å². The standard InChI is InChI=1S/C30H29NO4/c1-30(2,3)35-24-16-23-26-17(12-14-34-23)11-13-31-29(26)28(24)27-21-8-5-4-7-19(21)18-9-6-10-20(18)22(27)15-25(32)33/h4-5,7-8,11,13,16H,6,9-10,12,14-15H2,1-3H3,(H,32,33). The fourth-order valence-corrected chi connectivity index (χ4v) is 5.87. The predicted molar refractivity (Wildman–Crippen MR) is 138 cm³/mol. The molecule has 2 heterocycles. The third-order valence-corrected chi connectivity index (χ3v) is 7.06. The Morgan fingerprint density at radius 1 is 1.06 bits per heavy atom. The van der Waals surface area contributed by atoms with Crippen LogP contribution in [0.1, 0.15) is 49.4 Å². The summed E-state index contributed by atoms with van der Waals surface area (Å²) in [6.07, 6.45) is 5.54. The van der Waals surface area contributed by atoms with Gasteiger partial charge in [-0.05, 0) is 84.7 Å². The van der Waals surface area contributed by atoms with Crippen LogP contribution >= 0.6 is 0 Å². The van der Waals surface area contributed by atoms with E-state index in [1.807, 2.05) is 39.1 Å². The van der Waals surface area contributed by atoms with Crippen molar-refractivity contribution in [1.29, 1.82) is 0 Å². The molecule has 6 rings (SSSR count). The van der Waals surface area contributed by atoms with E-state index >= 15 is 0 Å². The minimum absolute atomic E-state index is 0.0309. The Kier molecular flexibility index (Phi) is 4.99. The number of hydrogen-bond donors (Lipinski definition) is 1. The quantitative estimate of drug-likeness (QED) is 0.382. The predicted octanol–water partition coefficient (Wildman–Crippen LogP) is 6.28. The number of aromatic nitrogens is 1. The van der Waals surface area contributed by atoms with Crippen LogP contribution in [0.5, 0.6) is 11.5 Å². The Morgan fingerprint density at radius 2 is 1.83 bits per heavy atom. The van der Waals surface area contributed by atoms with Gasteiger partial charge in [-0.15, -0.1) is 0 Å². The number of carboxylic acid groups (broad SMARTS) is 1. The summed E-state index contributed by atoms with van der Waals surface area (Å²) in [5, 5.41) is 13.2. The van der Waals surface area contributed by atoms with Crippen LogP contribution in [0, 0.1) is 0 Å². The van der Waals surface area contributed by atoms with Crippen molar-refractivity contribution in [3.8, 4) is 22.6 Å². The maximum absolute atomic E-state index is 12.2. The molecule has 0 fully saturated rings. The molecule has 0 bridgehead atoms. The van der Waals surface area contributed by atoms with Crippen molar-refractivity contribution in [2.45, 2.75) is 58.5 Å². The van der Waals surface area contributed by atoms with Crippen molar-refractivity contribution >= 4 is 27.6 Å². The molecule has 0 unspecified atom stereocenters. The molecule has 2 aliphatic rings. The fraction of sp³-hybridized carbons (Fsp3) is 0.333. The number of carboxylic acids is 1. The Bertz CT molecular complexity index is 1510. The van der Waals surface area contributed by atoms with Gasteiger partial charge in [0.05, 0.1) is 24.1 Å². The third kappa shape index (κ3) is 3.61. The molecule has 1 N–H and O–H groups in total. The second kappa shape index (κ2) is 7.98. The van der Waals surface area contributed by atoms with Crippen LogP contribution < -0.4 is 9.47 Å². The van der Waals surface area contributed by atoms with Gasteiger partial charge in [0.25, 0.3) is 0 Å². The number of fused-ring (bicyclic) bond motifs is 3. The van der Waals surface area contributed by atoms with Gasteiger partial charge >= 0.3 is 5.97 Å². The highest BCUT2D eigenvalue weighted by Crippen LogP contribution is 2.50. The molecule has 3 aromatic carbocycles. The summed E-state index contributed by atoms with van der Waals surface area (Å²) in [4.78, 5) is 17.0. The zero-order chi connectivity index (χ0) is 24.3. The van der Waals surface area contributed by atoms with Crippen LogP contribution in [0.4, 0.5) is 0 Å². The summed E-state index contributed by atoms with van der Waals surface area (Å²) in [7, 11) is 0. The van der Waals surface area contributed by atoms with Crippen LogP contribution in [0.3, 0.4) is 0 Å².